The molecule has 1 aliphatic rings. The second kappa shape index (κ2) is 7.60. The molecule has 4 nitrogen and oxygen atoms in total. The summed E-state index contributed by atoms with van der Waals surface area (Å²) in [6.45, 7) is 2.95. The van der Waals surface area contributed by atoms with Crippen molar-refractivity contribution in [1.29, 1.82) is 0 Å². The molecule has 0 N–H and O–H groups in total. The normalized spacial score (nSPS) is 17.9. The molecule has 3 rings (SSSR count). The molecule has 2 heterocycles. The van der Waals surface area contributed by atoms with Crippen LogP contribution in [-0.2, 0) is 6.54 Å². The molecule has 1 aromatic heterocycles. The van der Waals surface area contributed by atoms with E-state index < -0.39 is 0 Å². The van der Waals surface area contributed by atoms with Crippen molar-refractivity contribution in [3.63, 3.8) is 0 Å². The van der Waals surface area contributed by atoms with Gasteiger partial charge in [0.25, 0.3) is 0 Å². The van der Waals surface area contributed by atoms with Gasteiger partial charge in [-0.1, -0.05) is 33.6 Å². The van der Waals surface area contributed by atoms with Crippen LogP contribution in [0.4, 0.5) is 5.82 Å². The third-order valence-corrected chi connectivity index (χ3v) is 5.18. The quantitative estimate of drug-likeness (QED) is 0.766. The van der Waals surface area contributed by atoms with Crippen LogP contribution in [0.3, 0.4) is 0 Å². The van der Waals surface area contributed by atoms with E-state index in [-0.39, 0.29) is 0 Å². The fraction of sp³-hybridized carbons (Fsp3) is 0.412. The maximum Gasteiger partial charge on any atom is 0.151 e. The van der Waals surface area contributed by atoms with Crippen LogP contribution in [0.1, 0.15) is 18.4 Å². The van der Waals surface area contributed by atoms with E-state index in [0.717, 1.165) is 34.9 Å². The number of hydrogen-bond donors (Lipinski definition) is 0. The first-order valence-corrected chi connectivity index (χ1v) is 8.97. The standard InChI is InChI=1S/C17H20BrClN4/c1-22(11-13-6-7-14(19)10-16(13)18)12-15-4-3-9-23(15)17-5-2-8-20-21-17/h2,5-8,10,15H,3-4,9,11-12H2,1H3. The first-order valence-electron chi connectivity index (χ1n) is 7.80. The van der Waals surface area contributed by atoms with Crippen LogP contribution in [0.5, 0.6) is 0 Å². The van der Waals surface area contributed by atoms with Gasteiger partial charge in [-0.05, 0) is 49.7 Å². The van der Waals surface area contributed by atoms with Crippen molar-refractivity contribution in [1.82, 2.24) is 15.1 Å². The SMILES string of the molecule is CN(Cc1ccc(Cl)cc1Br)CC1CCCN1c1cccnn1. The number of likely N-dealkylation sites (N-methyl/N-ethyl adjacent to an activating group) is 1. The van der Waals surface area contributed by atoms with E-state index in [1.165, 1.54) is 18.4 Å². The van der Waals surface area contributed by atoms with Gasteiger partial charge in [-0.15, -0.1) is 5.10 Å². The molecule has 122 valence electrons. The maximum atomic E-state index is 6.01. The molecule has 23 heavy (non-hydrogen) atoms. The molecule has 6 heteroatoms. The van der Waals surface area contributed by atoms with Crippen LogP contribution in [0, 0.1) is 0 Å². The number of halogens is 2. The Hall–Kier alpha value is -1.17. The summed E-state index contributed by atoms with van der Waals surface area (Å²) < 4.78 is 1.06. The van der Waals surface area contributed by atoms with Gasteiger partial charge in [-0.3, -0.25) is 0 Å². The van der Waals surface area contributed by atoms with Crippen molar-refractivity contribution in [2.45, 2.75) is 25.4 Å². The zero-order chi connectivity index (χ0) is 16.2. The van der Waals surface area contributed by atoms with Crippen molar-refractivity contribution < 1.29 is 0 Å². The Labute approximate surface area is 150 Å². The van der Waals surface area contributed by atoms with Crippen LogP contribution in [0.15, 0.2) is 41.0 Å². The Bertz CT molecular complexity index is 652. The van der Waals surface area contributed by atoms with Gasteiger partial charge in [0.2, 0.25) is 0 Å². The molecule has 0 spiro atoms. The number of nitrogens with zero attached hydrogens (tertiary/aromatic N) is 4. The molecule has 1 aliphatic heterocycles. The fourth-order valence-electron chi connectivity index (χ4n) is 3.14. The van der Waals surface area contributed by atoms with E-state index in [4.69, 9.17) is 11.6 Å². The monoisotopic (exact) mass is 394 g/mol. The fourth-order valence-corrected chi connectivity index (χ4v) is 3.95. The largest absolute Gasteiger partial charge is 0.351 e. The van der Waals surface area contributed by atoms with Gasteiger partial charge in [-0.25, -0.2) is 0 Å². The summed E-state index contributed by atoms with van der Waals surface area (Å²) in [4.78, 5) is 4.73. The number of anilines is 1. The van der Waals surface area contributed by atoms with E-state index in [0.29, 0.717) is 6.04 Å². The number of aromatic nitrogens is 2. The second-order valence-electron chi connectivity index (χ2n) is 6.00. The third-order valence-electron chi connectivity index (χ3n) is 4.21. The van der Waals surface area contributed by atoms with Crippen molar-refractivity contribution in [3.8, 4) is 0 Å². The predicted molar refractivity (Wildman–Crippen MR) is 97.9 cm³/mol. The van der Waals surface area contributed by atoms with E-state index in [9.17, 15) is 0 Å². The summed E-state index contributed by atoms with van der Waals surface area (Å²) in [6, 6.07) is 10.5. The van der Waals surface area contributed by atoms with E-state index >= 15 is 0 Å². The lowest BCUT2D eigenvalue weighted by molar-refractivity contribution is 0.302. The van der Waals surface area contributed by atoms with Gasteiger partial charge in [-0.2, -0.15) is 5.10 Å². The summed E-state index contributed by atoms with van der Waals surface area (Å²) in [7, 11) is 2.16. The van der Waals surface area contributed by atoms with E-state index in [1.807, 2.05) is 24.3 Å². The second-order valence-corrected chi connectivity index (χ2v) is 7.29. The minimum Gasteiger partial charge on any atom is -0.351 e. The van der Waals surface area contributed by atoms with Crippen molar-refractivity contribution in [2.24, 2.45) is 0 Å². The molecule has 0 radical (unpaired) electrons. The summed E-state index contributed by atoms with van der Waals surface area (Å²) in [5.41, 5.74) is 1.25. The van der Waals surface area contributed by atoms with Gasteiger partial charge in [0.05, 0.1) is 0 Å². The minimum absolute atomic E-state index is 0.489. The highest BCUT2D eigenvalue weighted by Gasteiger charge is 2.26. The highest BCUT2D eigenvalue weighted by Crippen LogP contribution is 2.25. The Morgan fingerprint density at radius 2 is 2.26 bits per heavy atom. The van der Waals surface area contributed by atoms with Crippen LogP contribution < -0.4 is 4.90 Å². The molecule has 1 saturated heterocycles. The highest BCUT2D eigenvalue weighted by atomic mass is 79.9. The Kier molecular flexibility index (Phi) is 5.51. The maximum absolute atomic E-state index is 6.01. The molecule has 0 bridgehead atoms. The zero-order valence-corrected chi connectivity index (χ0v) is 15.5. The average molecular weight is 396 g/mol. The van der Waals surface area contributed by atoms with Crippen LogP contribution >= 0.6 is 27.5 Å². The molecule has 1 atom stereocenters. The first kappa shape index (κ1) is 16.7. The number of hydrogen-bond acceptors (Lipinski definition) is 4. The van der Waals surface area contributed by atoms with Crippen LogP contribution in [0.25, 0.3) is 0 Å². The molecule has 0 saturated carbocycles. The van der Waals surface area contributed by atoms with Crippen molar-refractivity contribution in [2.75, 3.05) is 25.0 Å². The average Bonchev–Trinajstić information content (AvgIpc) is 2.99. The Balaban J connectivity index is 1.64. The summed E-state index contributed by atoms with van der Waals surface area (Å²) in [6.07, 6.45) is 4.13. The smallest absolute Gasteiger partial charge is 0.151 e. The van der Waals surface area contributed by atoms with Gasteiger partial charge in [0.1, 0.15) is 0 Å². The summed E-state index contributed by atoms with van der Waals surface area (Å²) in [5, 5.41) is 9.03. The van der Waals surface area contributed by atoms with Crippen molar-refractivity contribution in [3.05, 3.63) is 51.6 Å². The third kappa shape index (κ3) is 4.22. The molecule has 0 amide bonds. The lowest BCUT2D eigenvalue weighted by Gasteiger charge is -2.29. The minimum atomic E-state index is 0.489. The van der Waals surface area contributed by atoms with Crippen LogP contribution in [0.2, 0.25) is 5.02 Å². The molecular formula is C17H20BrClN4. The molecule has 2 aromatic rings. The molecule has 1 aromatic carbocycles. The van der Waals surface area contributed by atoms with Gasteiger partial charge >= 0.3 is 0 Å². The van der Waals surface area contributed by atoms with E-state index in [2.05, 4.69) is 49.0 Å². The highest BCUT2D eigenvalue weighted by molar-refractivity contribution is 9.10. The summed E-state index contributed by atoms with van der Waals surface area (Å²) >= 11 is 9.61. The molecular weight excluding hydrogens is 376 g/mol. The van der Waals surface area contributed by atoms with Gasteiger partial charge in [0, 0.05) is 41.4 Å². The number of benzene rings is 1. The van der Waals surface area contributed by atoms with Gasteiger partial charge in [0.15, 0.2) is 5.82 Å². The lowest BCUT2D eigenvalue weighted by Crippen LogP contribution is -2.39. The molecule has 1 unspecified atom stereocenters. The summed E-state index contributed by atoms with van der Waals surface area (Å²) in [5.74, 6) is 0.982. The molecule has 0 aliphatic carbocycles. The zero-order valence-electron chi connectivity index (χ0n) is 13.1. The topological polar surface area (TPSA) is 32.3 Å². The first-order chi connectivity index (χ1) is 11.1. The number of rotatable bonds is 5. The van der Waals surface area contributed by atoms with Crippen LogP contribution in [-0.4, -0.2) is 41.3 Å². The Morgan fingerprint density at radius 3 is 3.00 bits per heavy atom. The van der Waals surface area contributed by atoms with Crippen molar-refractivity contribution >= 4 is 33.3 Å². The predicted octanol–water partition coefficient (Wildman–Crippen LogP) is 3.99. The molecule has 1 fully saturated rings. The van der Waals surface area contributed by atoms with Gasteiger partial charge < -0.3 is 9.80 Å². The lowest BCUT2D eigenvalue weighted by atomic mass is 10.1. The Morgan fingerprint density at radius 1 is 1.39 bits per heavy atom. The van der Waals surface area contributed by atoms with E-state index in [1.54, 1.807) is 6.20 Å².